The Labute approximate surface area is 249 Å². The molecule has 1 atom stereocenters. The highest BCUT2D eigenvalue weighted by atomic mass is 16.6. The lowest BCUT2D eigenvalue weighted by Crippen LogP contribution is -2.56. The molecule has 6 amide bonds. The number of anilines is 1. The summed E-state index contributed by atoms with van der Waals surface area (Å²) in [5.41, 5.74) is 0.301. The summed E-state index contributed by atoms with van der Waals surface area (Å²) in [5.74, 6) is -0.589. The third-order valence-electron chi connectivity index (χ3n) is 8.36. The molecule has 2 fully saturated rings. The zero-order valence-corrected chi connectivity index (χ0v) is 24.5. The molecule has 2 saturated heterocycles. The molecule has 0 saturated carbocycles. The summed E-state index contributed by atoms with van der Waals surface area (Å²) in [7, 11) is 0. The summed E-state index contributed by atoms with van der Waals surface area (Å²) in [6.45, 7) is 6.22. The molecule has 0 bridgehead atoms. The predicted molar refractivity (Wildman–Crippen MR) is 155 cm³/mol. The maximum Gasteiger partial charge on any atom is 0.410 e. The van der Waals surface area contributed by atoms with Gasteiger partial charge in [-0.05, 0) is 56.2 Å². The fourth-order valence-corrected chi connectivity index (χ4v) is 6.30. The van der Waals surface area contributed by atoms with Crippen LogP contribution in [0, 0.1) is 0 Å². The van der Waals surface area contributed by atoms with Crippen molar-refractivity contribution in [2.45, 2.75) is 63.2 Å². The fraction of sp³-hybridized carbons (Fsp3) is 0.452. The summed E-state index contributed by atoms with van der Waals surface area (Å²) >= 11 is 0. The number of amides is 6. The molecule has 1 aliphatic carbocycles. The van der Waals surface area contributed by atoms with Crippen LogP contribution >= 0.6 is 0 Å². The van der Waals surface area contributed by atoms with Crippen LogP contribution in [0.25, 0.3) is 0 Å². The third kappa shape index (κ3) is 5.61. The van der Waals surface area contributed by atoms with Gasteiger partial charge in [0, 0.05) is 44.5 Å². The Morgan fingerprint density at radius 2 is 1.74 bits per heavy atom. The van der Waals surface area contributed by atoms with E-state index in [2.05, 4.69) is 16.0 Å². The van der Waals surface area contributed by atoms with E-state index in [1.807, 2.05) is 26.8 Å². The number of likely N-dealkylation sites (tertiary alicyclic amines) is 1. The molecule has 12 nitrogen and oxygen atoms in total. The Balaban J connectivity index is 1.16. The van der Waals surface area contributed by atoms with E-state index in [9.17, 15) is 24.0 Å². The molecule has 12 heteroatoms. The fourth-order valence-electron chi connectivity index (χ4n) is 6.30. The van der Waals surface area contributed by atoms with E-state index in [1.54, 1.807) is 41.3 Å². The number of benzene rings is 2. The van der Waals surface area contributed by atoms with Gasteiger partial charge in [-0.25, -0.2) is 9.59 Å². The molecule has 3 aliphatic heterocycles. The number of carbonyl (C=O) groups excluding carboxylic acids is 5. The number of nitrogens with zero attached hydrogens (tertiary/aromatic N) is 2. The van der Waals surface area contributed by atoms with E-state index in [1.165, 1.54) is 4.90 Å². The van der Waals surface area contributed by atoms with E-state index >= 15 is 0 Å². The van der Waals surface area contributed by atoms with Crippen molar-refractivity contribution >= 4 is 35.5 Å². The molecule has 2 spiro atoms. The number of ether oxygens (including phenoxy) is 2. The largest absolute Gasteiger partial charge is 0.484 e. The van der Waals surface area contributed by atoms with Gasteiger partial charge in [-0.1, -0.05) is 18.2 Å². The summed E-state index contributed by atoms with van der Waals surface area (Å²) in [4.78, 5) is 66.9. The number of imide groups is 1. The van der Waals surface area contributed by atoms with Gasteiger partial charge in [-0.15, -0.1) is 0 Å². The van der Waals surface area contributed by atoms with Crippen molar-refractivity contribution in [1.29, 1.82) is 0 Å². The quantitative estimate of drug-likeness (QED) is 0.467. The zero-order valence-electron chi connectivity index (χ0n) is 24.5. The number of carbonyl (C=O) groups is 5. The van der Waals surface area contributed by atoms with Crippen LogP contribution in [0.15, 0.2) is 42.5 Å². The van der Waals surface area contributed by atoms with Crippen molar-refractivity contribution < 1.29 is 33.4 Å². The highest BCUT2D eigenvalue weighted by Gasteiger charge is 2.50. The monoisotopic (exact) mass is 589 g/mol. The molecule has 0 aromatic heterocycles. The second kappa shape index (κ2) is 10.3. The van der Waals surface area contributed by atoms with Crippen LogP contribution in [0.2, 0.25) is 0 Å². The van der Waals surface area contributed by atoms with Crippen molar-refractivity contribution in [2.24, 2.45) is 0 Å². The normalized spacial score (nSPS) is 22.3. The molecule has 3 N–H and O–H groups in total. The minimum atomic E-state index is -0.999. The van der Waals surface area contributed by atoms with Gasteiger partial charge in [0.15, 0.2) is 0 Å². The number of hydrogen-bond acceptors (Lipinski definition) is 7. The first kappa shape index (κ1) is 28.5. The van der Waals surface area contributed by atoms with Crippen molar-refractivity contribution in [3.63, 3.8) is 0 Å². The van der Waals surface area contributed by atoms with E-state index < -0.39 is 22.8 Å². The molecule has 6 rings (SSSR count). The molecule has 0 radical (unpaired) electrons. The van der Waals surface area contributed by atoms with Gasteiger partial charge in [0.1, 0.15) is 29.0 Å². The molecular weight excluding hydrogens is 554 g/mol. The maximum atomic E-state index is 13.6. The third-order valence-corrected chi connectivity index (χ3v) is 8.36. The molecule has 1 unspecified atom stereocenters. The van der Waals surface area contributed by atoms with Gasteiger partial charge in [0.05, 0.1) is 12.1 Å². The van der Waals surface area contributed by atoms with Gasteiger partial charge in [0.25, 0.3) is 11.8 Å². The van der Waals surface area contributed by atoms with Crippen LogP contribution in [0.3, 0.4) is 0 Å². The van der Waals surface area contributed by atoms with E-state index in [0.29, 0.717) is 55.8 Å². The van der Waals surface area contributed by atoms with Gasteiger partial charge in [0.2, 0.25) is 5.91 Å². The smallest absolute Gasteiger partial charge is 0.410 e. The summed E-state index contributed by atoms with van der Waals surface area (Å²) in [6, 6.07) is 11.9. The van der Waals surface area contributed by atoms with Crippen molar-refractivity contribution in [1.82, 2.24) is 20.4 Å². The van der Waals surface area contributed by atoms with E-state index in [-0.39, 0.29) is 36.9 Å². The number of hydrogen-bond donors (Lipinski definition) is 3. The van der Waals surface area contributed by atoms with Crippen molar-refractivity contribution in [3.05, 3.63) is 59.2 Å². The average molecular weight is 590 g/mol. The van der Waals surface area contributed by atoms with Crippen molar-refractivity contribution in [3.8, 4) is 5.75 Å². The Hall–Kier alpha value is -4.61. The number of para-hydroxylation sites is 1. The lowest BCUT2D eigenvalue weighted by molar-refractivity contribution is -0.123. The van der Waals surface area contributed by atoms with Gasteiger partial charge in [-0.2, -0.15) is 0 Å². The Kier molecular flexibility index (Phi) is 6.82. The minimum Gasteiger partial charge on any atom is -0.484 e. The summed E-state index contributed by atoms with van der Waals surface area (Å²) < 4.78 is 12.0. The summed E-state index contributed by atoms with van der Waals surface area (Å²) in [6.07, 6.45) is 1.24. The van der Waals surface area contributed by atoms with Crippen LogP contribution in [0.5, 0.6) is 5.75 Å². The Morgan fingerprint density at radius 3 is 2.44 bits per heavy atom. The SMILES string of the molecule is CC(C)(C)OC(=O)N1CCC2(CC1)CN(CC(=O)Nc1ccc3c(c1)CC1(C3)NC(=O)NC1=O)C(=O)c1ccccc1O2. The van der Waals surface area contributed by atoms with Crippen molar-refractivity contribution in [2.75, 3.05) is 31.5 Å². The number of urea groups is 1. The first-order valence-electron chi connectivity index (χ1n) is 14.4. The number of piperidine rings is 1. The Bertz CT molecular complexity index is 1520. The second-order valence-electron chi connectivity index (χ2n) is 12.8. The molecule has 3 heterocycles. The number of rotatable bonds is 3. The van der Waals surface area contributed by atoms with Crippen LogP contribution in [-0.2, 0) is 27.2 Å². The maximum absolute atomic E-state index is 13.6. The first-order chi connectivity index (χ1) is 20.3. The number of nitrogens with one attached hydrogen (secondary N) is 3. The minimum absolute atomic E-state index is 0.178. The molecule has 4 aliphatic rings. The van der Waals surface area contributed by atoms with E-state index in [4.69, 9.17) is 9.47 Å². The lowest BCUT2D eigenvalue weighted by Gasteiger charge is -2.42. The molecule has 43 heavy (non-hydrogen) atoms. The topological polar surface area (TPSA) is 146 Å². The van der Waals surface area contributed by atoms with Gasteiger partial charge < -0.3 is 29.9 Å². The molecular formula is C31H35N5O7. The first-order valence-corrected chi connectivity index (χ1v) is 14.4. The van der Waals surface area contributed by atoms with Crippen LogP contribution in [0.4, 0.5) is 15.3 Å². The molecule has 226 valence electrons. The average Bonchev–Trinajstić information content (AvgIpc) is 3.40. The van der Waals surface area contributed by atoms with Crippen LogP contribution < -0.4 is 20.7 Å². The van der Waals surface area contributed by atoms with Gasteiger partial charge in [-0.3, -0.25) is 19.7 Å². The Morgan fingerprint density at radius 1 is 1.02 bits per heavy atom. The van der Waals surface area contributed by atoms with Crippen LogP contribution in [-0.4, -0.2) is 82.6 Å². The molecule has 2 aromatic carbocycles. The standard InChI is InChI=1S/C31H35N5O7/c1-29(2,3)43-28(41)35-12-10-30(11-13-35)18-36(25(38)22-6-4-5-7-23(22)42-30)17-24(37)32-21-9-8-19-15-31(16-20(19)14-21)26(39)33-27(40)34-31/h4-9,14H,10-13,15-18H2,1-3H3,(H,32,37)(H2,33,34,39,40). The van der Waals surface area contributed by atoms with Crippen LogP contribution in [0.1, 0.15) is 55.1 Å². The summed E-state index contributed by atoms with van der Waals surface area (Å²) in [5, 5.41) is 7.92. The highest BCUT2D eigenvalue weighted by Crippen LogP contribution is 2.37. The lowest BCUT2D eigenvalue weighted by atomic mass is 9.90. The molecule has 2 aromatic rings. The van der Waals surface area contributed by atoms with E-state index in [0.717, 1.165) is 11.1 Å². The predicted octanol–water partition coefficient (Wildman–Crippen LogP) is 2.61. The zero-order chi connectivity index (χ0) is 30.6. The van der Waals surface area contributed by atoms with Gasteiger partial charge >= 0.3 is 12.1 Å². The number of fused-ring (bicyclic) bond motifs is 2. The highest BCUT2D eigenvalue weighted by molar-refractivity contribution is 6.08. The second-order valence-corrected chi connectivity index (χ2v) is 12.8.